The van der Waals surface area contributed by atoms with Crippen molar-refractivity contribution in [3.05, 3.63) is 59.0 Å². The number of aromatic nitrogens is 1. The highest BCUT2D eigenvalue weighted by Crippen LogP contribution is 2.38. The SMILES string of the molecule is O=C1CO[C@@H]2CN(c3ncc(Cl)cc3F)CC[C@@]2(c2ccccc2)N1. The third-order valence-corrected chi connectivity index (χ3v) is 5.07. The number of hydrogen-bond acceptors (Lipinski definition) is 4. The molecule has 4 rings (SSSR count). The smallest absolute Gasteiger partial charge is 0.246 e. The second-order valence-electron chi connectivity index (χ2n) is 6.34. The number of piperidine rings is 1. The first-order chi connectivity index (χ1) is 12.1. The van der Waals surface area contributed by atoms with Crippen molar-refractivity contribution >= 4 is 23.3 Å². The van der Waals surface area contributed by atoms with Crippen LogP contribution in [0.1, 0.15) is 12.0 Å². The molecule has 0 radical (unpaired) electrons. The molecule has 1 N–H and O–H groups in total. The maximum atomic E-state index is 14.2. The molecular formula is C18H17ClFN3O2. The summed E-state index contributed by atoms with van der Waals surface area (Å²) in [6, 6.07) is 11.0. The fraction of sp³-hybridized carbons (Fsp3) is 0.333. The first-order valence-corrected chi connectivity index (χ1v) is 8.50. The van der Waals surface area contributed by atoms with Crippen molar-refractivity contribution in [3.8, 4) is 0 Å². The van der Waals surface area contributed by atoms with Gasteiger partial charge < -0.3 is 15.0 Å². The third kappa shape index (κ3) is 2.85. The number of hydrogen-bond donors (Lipinski definition) is 1. The summed E-state index contributed by atoms with van der Waals surface area (Å²) in [4.78, 5) is 18.0. The van der Waals surface area contributed by atoms with Crippen molar-refractivity contribution in [1.82, 2.24) is 10.3 Å². The van der Waals surface area contributed by atoms with Crippen LogP contribution in [-0.2, 0) is 15.1 Å². The molecule has 1 aromatic heterocycles. The molecule has 1 aromatic carbocycles. The molecule has 1 amide bonds. The van der Waals surface area contributed by atoms with Gasteiger partial charge >= 0.3 is 0 Å². The number of ether oxygens (including phenoxy) is 1. The number of pyridine rings is 1. The molecule has 0 aliphatic carbocycles. The lowest BCUT2D eigenvalue weighted by molar-refractivity contribution is -0.146. The van der Waals surface area contributed by atoms with Crippen LogP contribution in [0.4, 0.5) is 10.2 Å². The molecule has 2 aromatic rings. The summed E-state index contributed by atoms with van der Waals surface area (Å²) in [5.41, 5.74) is 0.396. The third-order valence-electron chi connectivity index (χ3n) is 4.87. The number of morpholine rings is 1. The Morgan fingerprint density at radius 2 is 2.16 bits per heavy atom. The van der Waals surface area contributed by atoms with Crippen molar-refractivity contribution in [3.63, 3.8) is 0 Å². The summed E-state index contributed by atoms with van der Waals surface area (Å²) in [5, 5.41) is 3.38. The van der Waals surface area contributed by atoms with Crippen LogP contribution < -0.4 is 10.2 Å². The minimum absolute atomic E-state index is 0.00359. The van der Waals surface area contributed by atoms with E-state index in [1.165, 1.54) is 12.3 Å². The summed E-state index contributed by atoms with van der Waals surface area (Å²) in [6.45, 7) is 0.977. The van der Waals surface area contributed by atoms with Crippen LogP contribution in [0.5, 0.6) is 0 Å². The van der Waals surface area contributed by atoms with Crippen molar-refractivity contribution in [2.75, 3.05) is 24.6 Å². The summed E-state index contributed by atoms with van der Waals surface area (Å²) < 4.78 is 20.1. The predicted molar refractivity (Wildman–Crippen MR) is 92.0 cm³/mol. The van der Waals surface area contributed by atoms with E-state index >= 15 is 0 Å². The molecule has 2 aliphatic heterocycles. The van der Waals surface area contributed by atoms with Gasteiger partial charge in [0.1, 0.15) is 12.7 Å². The highest BCUT2D eigenvalue weighted by atomic mass is 35.5. The molecule has 130 valence electrons. The number of halogens is 2. The van der Waals surface area contributed by atoms with Gasteiger partial charge in [-0.25, -0.2) is 9.37 Å². The topological polar surface area (TPSA) is 54.5 Å². The molecule has 3 heterocycles. The van der Waals surface area contributed by atoms with Crippen LogP contribution in [0.15, 0.2) is 42.6 Å². The molecule has 2 aliphatic rings. The van der Waals surface area contributed by atoms with Gasteiger partial charge in [-0.2, -0.15) is 0 Å². The van der Waals surface area contributed by atoms with Crippen LogP contribution in [0.3, 0.4) is 0 Å². The Morgan fingerprint density at radius 1 is 1.36 bits per heavy atom. The van der Waals surface area contributed by atoms with Crippen LogP contribution in [0.2, 0.25) is 5.02 Å². The molecular weight excluding hydrogens is 345 g/mol. The zero-order chi connectivity index (χ0) is 17.4. The predicted octanol–water partition coefficient (Wildman–Crippen LogP) is 2.49. The zero-order valence-corrected chi connectivity index (χ0v) is 14.2. The summed E-state index contributed by atoms with van der Waals surface area (Å²) in [6.07, 6.45) is 1.73. The van der Waals surface area contributed by atoms with E-state index in [1.807, 2.05) is 35.2 Å². The van der Waals surface area contributed by atoms with Gasteiger partial charge in [-0.1, -0.05) is 41.9 Å². The highest BCUT2D eigenvalue weighted by Gasteiger charge is 2.49. The van der Waals surface area contributed by atoms with Crippen molar-refractivity contribution in [2.24, 2.45) is 0 Å². The molecule has 7 heteroatoms. The van der Waals surface area contributed by atoms with E-state index in [1.54, 1.807) is 0 Å². The molecule has 5 nitrogen and oxygen atoms in total. The standard InChI is InChI=1S/C18H17ClFN3O2/c19-13-8-14(20)17(21-9-13)23-7-6-18(12-4-2-1-3-5-12)15(10-23)25-11-16(24)22-18/h1-5,8-9,15H,6-7,10-11H2,(H,22,24)/t15-,18+/m1/s1. The zero-order valence-electron chi connectivity index (χ0n) is 13.4. The van der Waals surface area contributed by atoms with Gasteiger partial charge in [-0.3, -0.25) is 4.79 Å². The number of nitrogens with one attached hydrogen (secondary N) is 1. The lowest BCUT2D eigenvalue weighted by atomic mass is 9.77. The largest absolute Gasteiger partial charge is 0.364 e. The van der Waals surface area contributed by atoms with Gasteiger partial charge in [0.25, 0.3) is 0 Å². The maximum absolute atomic E-state index is 14.2. The number of carbonyl (C=O) groups excluding carboxylic acids is 1. The molecule has 0 saturated carbocycles. The van der Waals surface area contributed by atoms with Crippen LogP contribution in [-0.4, -0.2) is 36.7 Å². The average Bonchev–Trinajstić information content (AvgIpc) is 2.62. The van der Waals surface area contributed by atoms with E-state index in [-0.39, 0.29) is 29.5 Å². The van der Waals surface area contributed by atoms with Crippen molar-refractivity contribution < 1.29 is 13.9 Å². The van der Waals surface area contributed by atoms with Gasteiger partial charge in [-0.05, 0) is 18.1 Å². The Bertz CT molecular complexity index is 804. The molecule has 2 fully saturated rings. The Labute approximate surface area is 149 Å². The van der Waals surface area contributed by atoms with Gasteiger partial charge in [0.2, 0.25) is 5.91 Å². The molecule has 25 heavy (non-hydrogen) atoms. The Balaban J connectivity index is 1.67. The number of rotatable bonds is 2. The monoisotopic (exact) mass is 361 g/mol. The highest BCUT2D eigenvalue weighted by molar-refractivity contribution is 6.30. The Hall–Kier alpha value is -2.18. The lowest BCUT2D eigenvalue weighted by Crippen LogP contribution is -2.66. The minimum Gasteiger partial charge on any atom is -0.364 e. The fourth-order valence-corrected chi connectivity index (χ4v) is 3.83. The van der Waals surface area contributed by atoms with Crippen LogP contribution >= 0.6 is 11.6 Å². The number of benzene rings is 1. The van der Waals surface area contributed by atoms with E-state index < -0.39 is 11.4 Å². The van der Waals surface area contributed by atoms with E-state index in [4.69, 9.17) is 16.3 Å². The summed E-state index contributed by atoms with van der Waals surface area (Å²) in [7, 11) is 0. The Morgan fingerprint density at radius 3 is 2.92 bits per heavy atom. The number of fused-ring (bicyclic) bond motifs is 1. The van der Waals surface area contributed by atoms with Crippen LogP contribution in [0, 0.1) is 5.82 Å². The average molecular weight is 362 g/mol. The number of amides is 1. The summed E-state index contributed by atoms with van der Waals surface area (Å²) in [5.74, 6) is -0.338. The maximum Gasteiger partial charge on any atom is 0.246 e. The molecule has 2 atom stereocenters. The van der Waals surface area contributed by atoms with E-state index in [2.05, 4.69) is 10.3 Å². The lowest BCUT2D eigenvalue weighted by Gasteiger charge is -2.50. The van der Waals surface area contributed by atoms with E-state index in [0.29, 0.717) is 19.5 Å². The van der Waals surface area contributed by atoms with Gasteiger partial charge in [-0.15, -0.1) is 0 Å². The van der Waals surface area contributed by atoms with E-state index in [0.717, 1.165) is 5.56 Å². The summed E-state index contributed by atoms with van der Waals surface area (Å²) >= 11 is 5.79. The number of carbonyl (C=O) groups is 1. The molecule has 0 unspecified atom stereocenters. The van der Waals surface area contributed by atoms with Crippen molar-refractivity contribution in [2.45, 2.75) is 18.1 Å². The van der Waals surface area contributed by atoms with Gasteiger partial charge in [0.05, 0.1) is 10.6 Å². The second kappa shape index (κ2) is 6.28. The molecule has 0 spiro atoms. The fourth-order valence-electron chi connectivity index (χ4n) is 3.69. The van der Waals surface area contributed by atoms with Gasteiger partial charge in [0.15, 0.2) is 11.6 Å². The number of anilines is 1. The normalized spacial score (nSPS) is 26.1. The minimum atomic E-state index is -0.601. The quantitative estimate of drug-likeness (QED) is 0.893. The van der Waals surface area contributed by atoms with Gasteiger partial charge in [0, 0.05) is 19.3 Å². The molecule has 2 saturated heterocycles. The molecule has 0 bridgehead atoms. The van der Waals surface area contributed by atoms with E-state index in [9.17, 15) is 9.18 Å². The first-order valence-electron chi connectivity index (χ1n) is 8.13. The first kappa shape index (κ1) is 16.3. The number of nitrogens with zero attached hydrogens (tertiary/aromatic N) is 2. The van der Waals surface area contributed by atoms with Crippen LogP contribution in [0.25, 0.3) is 0 Å². The Kier molecular flexibility index (Phi) is 4.09. The van der Waals surface area contributed by atoms with Crippen molar-refractivity contribution in [1.29, 1.82) is 0 Å². The second-order valence-corrected chi connectivity index (χ2v) is 6.78.